The van der Waals surface area contributed by atoms with Crippen molar-refractivity contribution >= 4 is 5.91 Å². The molecule has 2 heterocycles. The number of benzene rings is 1. The molecule has 2 aromatic rings. The summed E-state index contributed by atoms with van der Waals surface area (Å²) in [5, 5.41) is 0. The topological polar surface area (TPSA) is 90.6 Å². The Hall–Kier alpha value is -2.67. The minimum atomic E-state index is -0.0359. The third-order valence-corrected chi connectivity index (χ3v) is 4.30. The van der Waals surface area contributed by atoms with Crippen molar-refractivity contribution in [2.24, 2.45) is 5.73 Å². The predicted octanol–water partition coefficient (Wildman–Crippen LogP) is 1.94. The third kappa shape index (κ3) is 4.06. The Morgan fingerprint density at radius 3 is 2.68 bits per heavy atom. The van der Waals surface area contributed by atoms with Crippen LogP contribution in [-0.2, 0) is 4.79 Å². The van der Waals surface area contributed by atoms with E-state index in [0.29, 0.717) is 18.2 Å². The first-order valence-electron chi connectivity index (χ1n) is 8.32. The van der Waals surface area contributed by atoms with Crippen LogP contribution in [0.5, 0.6) is 17.4 Å². The van der Waals surface area contributed by atoms with E-state index in [-0.39, 0.29) is 18.4 Å². The quantitative estimate of drug-likeness (QED) is 0.893. The summed E-state index contributed by atoms with van der Waals surface area (Å²) in [5.74, 6) is 1.94. The van der Waals surface area contributed by atoms with Gasteiger partial charge in [-0.15, -0.1) is 0 Å². The molecule has 1 fully saturated rings. The summed E-state index contributed by atoms with van der Waals surface area (Å²) >= 11 is 0. The van der Waals surface area contributed by atoms with Crippen LogP contribution in [-0.4, -0.2) is 47.5 Å². The van der Waals surface area contributed by atoms with Gasteiger partial charge in [0.2, 0.25) is 11.8 Å². The summed E-state index contributed by atoms with van der Waals surface area (Å²) in [6.45, 7) is 1.36. The molecule has 1 aromatic carbocycles. The van der Waals surface area contributed by atoms with Crippen LogP contribution >= 0.6 is 0 Å². The Morgan fingerprint density at radius 2 is 1.96 bits per heavy atom. The lowest BCUT2D eigenvalue weighted by Gasteiger charge is -2.32. The number of ether oxygens (including phenoxy) is 2. The predicted molar refractivity (Wildman–Crippen MR) is 92.7 cm³/mol. The van der Waals surface area contributed by atoms with Gasteiger partial charge in [-0.25, -0.2) is 4.98 Å². The van der Waals surface area contributed by atoms with Crippen LogP contribution in [0.15, 0.2) is 36.7 Å². The monoisotopic (exact) mass is 342 g/mol. The van der Waals surface area contributed by atoms with Crippen molar-refractivity contribution in [3.05, 3.63) is 42.4 Å². The molecule has 0 spiro atoms. The highest BCUT2D eigenvalue weighted by atomic mass is 16.5. The summed E-state index contributed by atoms with van der Waals surface area (Å²) in [5.41, 5.74) is 6.26. The molecule has 1 amide bonds. The first-order chi connectivity index (χ1) is 12.2. The number of hydrogen-bond donors (Lipinski definition) is 1. The Labute approximate surface area is 146 Å². The van der Waals surface area contributed by atoms with Gasteiger partial charge in [0.05, 0.1) is 13.7 Å². The van der Waals surface area contributed by atoms with Crippen molar-refractivity contribution in [2.75, 3.05) is 26.7 Å². The fraction of sp³-hybridized carbons (Fsp3) is 0.389. The number of piperidine rings is 1. The molecule has 2 N–H and O–H groups in total. The highest BCUT2D eigenvalue weighted by Crippen LogP contribution is 2.32. The molecule has 3 rings (SSSR count). The maximum absolute atomic E-state index is 11.9. The molecule has 0 radical (unpaired) electrons. The molecular formula is C18H22N4O3. The number of rotatable bonds is 5. The summed E-state index contributed by atoms with van der Waals surface area (Å²) in [6.07, 6.45) is 5.11. The molecule has 7 nitrogen and oxygen atoms in total. The van der Waals surface area contributed by atoms with Crippen molar-refractivity contribution in [2.45, 2.75) is 18.8 Å². The van der Waals surface area contributed by atoms with Gasteiger partial charge in [0.1, 0.15) is 17.2 Å². The standard InChI is InChI=1S/C18H22N4O3/c1-24-14-4-6-15(7-5-14)25-18-17(20-8-9-21-18)13-3-2-10-22(12-13)16(23)11-19/h4-9,13H,2-3,10-12,19H2,1H3. The zero-order valence-electron chi connectivity index (χ0n) is 14.2. The van der Waals surface area contributed by atoms with Crippen molar-refractivity contribution in [3.63, 3.8) is 0 Å². The van der Waals surface area contributed by atoms with Crippen LogP contribution in [0.4, 0.5) is 0 Å². The van der Waals surface area contributed by atoms with Gasteiger partial charge in [-0.3, -0.25) is 9.78 Å². The highest BCUT2D eigenvalue weighted by Gasteiger charge is 2.27. The van der Waals surface area contributed by atoms with Gasteiger partial charge < -0.3 is 20.1 Å². The average molecular weight is 342 g/mol. The van der Waals surface area contributed by atoms with Crippen molar-refractivity contribution in [3.8, 4) is 17.4 Å². The maximum atomic E-state index is 11.9. The zero-order valence-corrected chi connectivity index (χ0v) is 14.2. The van der Waals surface area contributed by atoms with Crippen LogP contribution in [0.2, 0.25) is 0 Å². The summed E-state index contributed by atoms with van der Waals surface area (Å²) in [7, 11) is 1.62. The maximum Gasteiger partial charge on any atom is 0.241 e. The van der Waals surface area contributed by atoms with Gasteiger partial charge in [-0.05, 0) is 37.1 Å². The first kappa shape index (κ1) is 17.2. The number of amides is 1. The number of nitrogens with zero attached hydrogens (tertiary/aromatic N) is 3. The molecule has 132 valence electrons. The second-order valence-corrected chi connectivity index (χ2v) is 5.91. The summed E-state index contributed by atoms with van der Waals surface area (Å²) in [4.78, 5) is 22.5. The van der Waals surface area contributed by atoms with E-state index in [0.717, 1.165) is 30.8 Å². The normalized spacial score (nSPS) is 17.2. The highest BCUT2D eigenvalue weighted by molar-refractivity contribution is 5.78. The number of carbonyl (C=O) groups excluding carboxylic acids is 1. The van der Waals surface area contributed by atoms with E-state index in [2.05, 4.69) is 9.97 Å². The molecule has 0 saturated carbocycles. The minimum absolute atomic E-state index is 0.0302. The van der Waals surface area contributed by atoms with E-state index in [1.807, 2.05) is 24.3 Å². The molecule has 25 heavy (non-hydrogen) atoms. The summed E-state index contributed by atoms with van der Waals surface area (Å²) in [6, 6.07) is 7.30. The number of aromatic nitrogens is 2. The van der Waals surface area contributed by atoms with E-state index >= 15 is 0 Å². The second-order valence-electron chi connectivity index (χ2n) is 5.91. The van der Waals surface area contributed by atoms with Crippen LogP contribution < -0.4 is 15.2 Å². The molecule has 1 aliphatic rings. The molecular weight excluding hydrogens is 320 g/mol. The van der Waals surface area contributed by atoms with Gasteiger partial charge in [-0.2, -0.15) is 0 Å². The number of methoxy groups -OCH3 is 1. The second kappa shape index (κ2) is 7.94. The Morgan fingerprint density at radius 1 is 1.24 bits per heavy atom. The van der Waals surface area contributed by atoms with E-state index in [1.54, 1.807) is 24.4 Å². The molecule has 1 aromatic heterocycles. The molecule has 1 unspecified atom stereocenters. The smallest absolute Gasteiger partial charge is 0.241 e. The lowest BCUT2D eigenvalue weighted by molar-refractivity contribution is -0.130. The van der Waals surface area contributed by atoms with E-state index < -0.39 is 0 Å². The molecule has 0 aliphatic carbocycles. The molecule has 7 heteroatoms. The summed E-state index contributed by atoms with van der Waals surface area (Å²) < 4.78 is 11.1. The lowest BCUT2D eigenvalue weighted by atomic mass is 9.94. The Bertz CT molecular complexity index is 721. The van der Waals surface area contributed by atoms with Crippen LogP contribution in [0.25, 0.3) is 0 Å². The van der Waals surface area contributed by atoms with Gasteiger partial charge in [0, 0.05) is 31.4 Å². The van der Waals surface area contributed by atoms with Crippen LogP contribution in [0, 0.1) is 0 Å². The average Bonchev–Trinajstić information content (AvgIpc) is 2.68. The van der Waals surface area contributed by atoms with E-state index in [4.69, 9.17) is 15.2 Å². The first-order valence-corrected chi connectivity index (χ1v) is 8.32. The lowest BCUT2D eigenvalue weighted by Crippen LogP contribution is -2.42. The largest absolute Gasteiger partial charge is 0.497 e. The third-order valence-electron chi connectivity index (χ3n) is 4.30. The van der Waals surface area contributed by atoms with Crippen molar-refractivity contribution < 1.29 is 14.3 Å². The van der Waals surface area contributed by atoms with E-state index in [9.17, 15) is 4.79 Å². The van der Waals surface area contributed by atoms with Gasteiger partial charge in [0.25, 0.3) is 0 Å². The molecule has 0 bridgehead atoms. The Kier molecular flexibility index (Phi) is 5.45. The fourth-order valence-electron chi connectivity index (χ4n) is 3.01. The van der Waals surface area contributed by atoms with Crippen LogP contribution in [0.3, 0.4) is 0 Å². The fourth-order valence-corrected chi connectivity index (χ4v) is 3.01. The van der Waals surface area contributed by atoms with E-state index in [1.165, 1.54) is 0 Å². The zero-order chi connectivity index (χ0) is 17.6. The number of likely N-dealkylation sites (tertiary alicyclic amines) is 1. The molecule has 1 atom stereocenters. The number of nitrogens with two attached hydrogens (primary N) is 1. The minimum Gasteiger partial charge on any atom is -0.497 e. The van der Waals surface area contributed by atoms with Gasteiger partial charge >= 0.3 is 0 Å². The van der Waals surface area contributed by atoms with Gasteiger partial charge in [0.15, 0.2) is 0 Å². The van der Waals surface area contributed by atoms with Crippen molar-refractivity contribution in [1.82, 2.24) is 14.9 Å². The van der Waals surface area contributed by atoms with Crippen LogP contribution in [0.1, 0.15) is 24.5 Å². The van der Waals surface area contributed by atoms with Gasteiger partial charge in [-0.1, -0.05) is 0 Å². The number of hydrogen-bond acceptors (Lipinski definition) is 6. The molecule has 1 saturated heterocycles. The van der Waals surface area contributed by atoms with Crippen molar-refractivity contribution in [1.29, 1.82) is 0 Å². The number of carbonyl (C=O) groups is 1. The Balaban J connectivity index is 1.79. The SMILES string of the molecule is COc1ccc(Oc2nccnc2C2CCCN(C(=O)CN)C2)cc1. The molecule has 1 aliphatic heterocycles.